The van der Waals surface area contributed by atoms with Crippen LogP contribution in [0, 0.1) is 5.92 Å². The van der Waals surface area contributed by atoms with Crippen molar-refractivity contribution in [2.75, 3.05) is 17.2 Å². The van der Waals surface area contributed by atoms with Crippen LogP contribution in [0.15, 0.2) is 48.5 Å². The van der Waals surface area contributed by atoms with Gasteiger partial charge in [0, 0.05) is 17.2 Å². The van der Waals surface area contributed by atoms with E-state index < -0.39 is 0 Å². The molecule has 2 aromatic carbocycles. The van der Waals surface area contributed by atoms with Gasteiger partial charge in [-0.05, 0) is 55.7 Å². The highest BCUT2D eigenvalue weighted by Crippen LogP contribution is 2.30. The van der Waals surface area contributed by atoms with Crippen LogP contribution in [-0.4, -0.2) is 18.4 Å². The van der Waals surface area contributed by atoms with E-state index in [1.807, 2.05) is 24.3 Å². The first-order valence-electron chi connectivity index (χ1n) is 9.11. The first-order chi connectivity index (χ1) is 12.7. The van der Waals surface area contributed by atoms with Crippen molar-refractivity contribution in [1.82, 2.24) is 0 Å². The van der Waals surface area contributed by atoms with Crippen LogP contribution in [0.1, 0.15) is 43.0 Å². The molecule has 0 aliphatic heterocycles. The van der Waals surface area contributed by atoms with Gasteiger partial charge in [-0.1, -0.05) is 25.5 Å². The number of hydrogen-bond acceptors (Lipinski definition) is 3. The molecular formula is C21H24N2O3. The molecular weight excluding hydrogens is 328 g/mol. The maximum absolute atomic E-state index is 12.5. The fourth-order valence-electron chi connectivity index (χ4n) is 2.51. The summed E-state index contributed by atoms with van der Waals surface area (Å²) in [5, 5.41) is 5.76. The Bertz CT molecular complexity index is 767. The van der Waals surface area contributed by atoms with E-state index >= 15 is 0 Å². The van der Waals surface area contributed by atoms with Crippen LogP contribution in [0.3, 0.4) is 0 Å². The van der Waals surface area contributed by atoms with Crippen molar-refractivity contribution in [3.8, 4) is 5.75 Å². The van der Waals surface area contributed by atoms with E-state index in [0.717, 1.165) is 25.7 Å². The number of amides is 2. The summed E-state index contributed by atoms with van der Waals surface area (Å²) in [6.45, 7) is 2.73. The average molecular weight is 352 g/mol. The first kappa shape index (κ1) is 18.0. The van der Waals surface area contributed by atoms with Crippen molar-refractivity contribution < 1.29 is 14.3 Å². The monoisotopic (exact) mass is 352 g/mol. The molecule has 0 unspecified atom stereocenters. The van der Waals surface area contributed by atoms with Crippen molar-refractivity contribution in [3.05, 3.63) is 54.1 Å². The summed E-state index contributed by atoms with van der Waals surface area (Å²) in [5.41, 5.74) is 1.89. The van der Waals surface area contributed by atoms with Gasteiger partial charge in [0.1, 0.15) is 5.75 Å². The molecule has 0 saturated heterocycles. The number of anilines is 2. The van der Waals surface area contributed by atoms with E-state index in [0.29, 0.717) is 29.3 Å². The molecule has 2 amide bonds. The SMILES string of the molecule is CCCCOc1ccccc1NC(=O)c1ccc(NC(=O)C2CC2)cc1. The van der Waals surface area contributed by atoms with Gasteiger partial charge in [0.05, 0.1) is 12.3 Å². The maximum atomic E-state index is 12.5. The minimum Gasteiger partial charge on any atom is -0.491 e. The molecule has 136 valence electrons. The van der Waals surface area contributed by atoms with Crippen LogP contribution in [0.25, 0.3) is 0 Å². The van der Waals surface area contributed by atoms with E-state index in [2.05, 4.69) is 17.6 Å². The molecule has 2 aromatic rings. The van der Waals surface area contributed by atoms with Crippen molar-refractivity contribution in [2.24, 2.45) is 5.92 Å². The molecule has 5 heteroatoms. The number of unbranched alkanes of at least 4 members (excludes halogenated alkanes) is 1. The van der Waals surface area contributed by atoms with Crippen molar-refractivity contribution >= 4 is 23.2 Å². The number of carbonyl (C=O) groups excluding carboxylic acids is 2. The fraction of sp³-hybridized carbons (Fsp3) is 0.333. The van der Waals surface area contributed by atoms with Gasteiger partial charge in [-0.2, -0.15) is 0 Å². The van der Waals surface area contributed by atoms with Crippen LogP contribution in [0.2, 0.25) is 0 Å². The Morgan fingerprint density at radius 2 is 1.77 bits per heavy atom. The Balaban J connectivity index is 1.61. The zero-order valence-electron chi connectivity index (χ0n) is 15.0. The molecule has 2 N–H and O–H groups in total. The minimum absolute atomic E-state index is 0.0559. The van der Waals surface area contributed by atoms with Crippen molar-refractivity contribution in [1.29, 1.82) is 0 Å². The highest BCUT2D eigenvalue weighted by molar-refractivity contribution is 6.05. The number of carbonyl (C=O) groups is 2. The van der Waals surface area contributed by atoms with E-state index in [-0.39, 0.29) is 17.7 Å². The van der Waals surface area contributed by atoms with E-state index in [1.54, 1.807) is 24.3 Å². The van der Waals surface area contributed by atoms with Crippen LogP contribution < -0.4 is 15.4 Å². The number of hydrogen-bond donors (Lipinski definition) is 2. The Hall–Kier alpha value is -2.82. The quantitative estimate of drug-likeness (QED) is 0.689. The lowest BCUT2D eigenvalue weighted by atomic mass is 10.2. The number of nitrogens with one attached hydrogen (secondary N) is 2. The third kappa shape index (κ3) is 4.85. The second kappa shape index (κ2) is 8.52. The lowest BCUT2D eigenvalue weighted by Crippen LogP contribution is -2.15. The summed E-state index contributed by atoms with van der Waals surface area (Å²) in [6, 6.07) is 14.3. The summed E-state index contributed by atoms with van der Waals surface area (Å²) in [6.07, 6.45) is 3.95. The Kier molecular flexibility index (Phi) is 5.89. The standard InChI is InChI=1S/C21H24N2O3/c1-2-3-14-26-19-7-5-4-6-18(19)23-21(25)16-10-12-17(13-11-16)22-20(24)15-8-9-15/h4-7,10-13,15H,2-3,8-9,14H2,1H3,(H,22,24)(H,23,25). The Labute approximate surface area is 153 Å². The van der Waals surface area contributed by atoms with E-state index in [4.69, 9.17) is 4.74 Å². The lowest BCUT2D eigenvalue weighted by molar-refractivity contribution is -0.117. The summed E-state index contributed by atoms with van der Waals surface area (Å²) in [5.74, 6) is 0.668. The summed E-state index contributed by atoms with van der Waals surface area (Å²) < 4.78 is 5.74. The van der Waals surface area contributed by atoms with Gasteiger partial charge in [0.2, 0.25) is 5.91 Å². The van der Waals surface area contributed by atoms with Crippen molar-refractivity contribution in [2.45, 2.75) is 32.6 Å². The molecule has 5 nitrogen and oxygen atoms in total. The van der Waals surface area contributed by atoms with E-state index in [1.165, 1.54) is 0 Å². The number of benzene rings is 2. The molecule has 0 aromatic heterocycles. The fourth-order valence-corrected chi connectivity index (χ4v) is 2.51. The van der Waals surface area contributed by atoms with Crippen LogP contribution in [0.4, 0.5) is 11.4 Å². The zero-order valence-corrected chi connectivity index (χ0v) is 15.0. The molecule has 1 aliphatic rings. The van der Waals surface area contributed by atoms with Gasteiger partial charge in [-0.3, -0.25) is 9.59 Å². The summed E-state index contributed by atoms with van der Waals surface area (Å²) in [7, 11) is 0. The summed E-state index contributed by atoms with van der Waals surface area (Å²) in [4.78, 5) is 24.3. The molecule has 0 radical (unpaired) electrons. The van der Waals surface area contributed by atoms with Gasteiger partial charge in [-0.25, -0.2) is 0 Å². The molecule has 1 saturated carbocycles. The van der Waals surface area contributed by atoms with Gasteiger partial charge in [0.25, 0.3) is 5.91 Å². The predicted octanol–water partition coefficient (Wildman–Crippen LogP) is 4.47. The van der Waals surface area contributed by atoms with Gasteiger partial charge in [0.15, 0.2) is 0 Å². The second-order valence-corrected chi connectivity index (χ2v) is 6.49. The molecule has 0 atom stereocenters. The first-order valence-corrected chi connectivity index (χ1v) is 9.11. The third-order valence-electron chi connectivity index (χ3n) is 4.25. The minimum atomic E-state index is -0.211. The maximum Gasteiger partial charge on any atom is 0.255 e. The zero-order chi connectivity index (χ0) is 18.4. The molecule has 0 heterocycles. The molecule has 3 rings (SSSR count). The summed E-state index contributed by atoms with van der Waals surface area (Å²) >= 11 is 0. The topological polar surface area (TPSA) is 67.4 Å². The largest absolute Gasteiger partial charge is 0.491 e. The number of ether oxygens (including phenoxy) is 1. The predicted molar refractivity (Wildman–Crippen MR) is 103 cm³/mol. The Morgan fingerprint density at radius 1 is 1.04 bits per heavy atom. The highest BCUT2D eigenvalue weighted by atomic mass is 16.5. The van der Waals surface area contributed by atoms with Crippen molar-refractivity contribution in [3.63, 3.8) is 0 Å². The highest BCUT2D eigenvalue weighted by Gasteiger charge is 2.29. The van der Waals surface area contributed by atoms with Gasteiger partial charge < -0.3 is 15.4 Å². The van der Waals surface area contributed by atoms with Gasteiger partial charge in [-0.15, -0.1) is 0 Å². The molecule has 1 fully saturated rings. The molecule has 0 bridgehead atoms. The number of rotatable bonds is 8. The van der Waals surface area contributed by atoms with Crippen LogP contribution in [0.5, 0.6) is 5.75 Å². The van der Waals surface area contributed by atoms with Crippen LogP contribution >= 0.6 is 0 Å². The normalized spacial score (nSPS) is 13.1. The Morgan fingerprint density at radius 3 is 2.46 bits per heavy atom. The smallest absolute Gasteiger partial charge is 0.255 e. The van der Waals surface area contributed by atoms with E-state index in [9.17, 15) is 9.59 Å². The van der Waals surface area contributed by atoms with Crippen LogP contribution in [-0.2, 0) is 4.79 Å². The number of para-hydroxylation sites is 2. The second-order valence-electron chi connectivity index (χ2n) is 6.49. The van der Waals surface area contributed by atoms with Gasteiger partial charge >= 0.3 is 0 Å². The average Bonchev–Trinajstić information content (AvgIpc) is 3.49. The lowest BCUT2D eigenvalue weighted by Gasteiger charge is -2.12. The molecule has 26 heavy (non-hydrogen) atoms. The molecule has 0 spiro atoms. The third-order valence-corrected chi connectivity index (χ3v) is 4.25. The molecule has 1 aliphatic carbocycles.